The first-order chi connectivity index (χ1) is 32.8. The van der Waals surface area contributed by atoms with Crippen molar-refractivity contribution in [2.45, 2.75) is 64.8 Å². The quantitative estimate of drug-likeness (QED) is 0.133. The molecule has 3 atom stereocenters. The Morgan fingerprint density at radius 3 is 2.43 bits per heavy atom. The fraction of sp³-hybridized carbons (Fsp3) is 0.360. The molecule has 68 heavy (non-hydrogen) atoms. The lowest BCUT2D eigenvalue weighted by Crippen LogP contribution is -2.49. The van der Waals surface area contributed by atoms with E-state index in [-0.39, 0.29) is 47.9 Å². The summed E-state index contributed by atoms with van der Waals surface area (Å²) in [5, 5.41) is 21.2. The van der Waals surface area contributed by atoms with Crippen LogP contribution in [0.4, 0.5) is 4.39 Å². The fourth-order valence-corrected chi connectivity index (χ4v) is 10.7. The molecule has 3 aromatic carbocycles. The minimum atomic E-state index is -1.48. The fourth-order valence-electron chi connectivity index (χ4n) is 9.02. The van der Waals surface area contributed by atoms with Gasteiger partial charge in [0.2, 0.25) is 12.0 Å². The Bertz CT molecular complexity index is 2880. The standard InChI is InChI=1S/C50H49Cl2FN6O8S/c1-27-40-28(2)44(52)45(43(27)51)66-36(23-59-18-16-58(3)17-19-59)25-64-35-12-13-37(65-24-34-14-15-54-47(57-34)31-6-4-29(5-7-31)20-39(60)61)32(21-35)22-38(50(62)63)67-48-42-41(40)46(68-49(42)56-26-55-48)30-8-10-33(53)11-9-30/h6,8-15,21,26,29,36,38H,4-5,7,16-20,22-25H2,1-3H3,(H,60,61)(H,62,63)/t29-,36+,38+/m0/s1. The van der Waals surface area contributed by atoms with Crippen LogP contribution in [0.1, 0.15) is 53.9 Å². The van der Waals surface area contributed by atoms with Crippen LogP contribution in [-0.4, -0.2) is 110 Å². The highest BCUT2D eigenvalue weighted by molar-refractivity contribution is 7.22. The number of rotatable bonds is 10. The van der Waals surface area contributed by atoms with E-state index in [1.54, 1.807) is 42.6 Å². The number of aromatic nitrogens is 4. The predicted molar refractivity (Wildman–Crippen MR) is 258 cm³/mol. The number of carboxylic acid groups (broad SMARTS) is 2. The second kappa shape index (κ2) is 20.4. The number of carboxylic acids is 2. The number of benzene rings is 3. The third-order valence-corrected chi connectivity index (χ3v) is 14.8. The van der Waals surface area contributed by atoms with E-state index >= 15 is 0 Å². The van der Waals surface area contributed by atoms with Crippen LogP contribution in [0.5, 0.6) is 23.1 Å². The Morgan fingerprint density at radius 2 is 1.72 bits per heavy atom. The maximum absolute atomic E-state index is 14.4. The average Bonchev–Trinajstić information content (AvgIpc) is 3.71. The zero-order valence-electron chi connectivity index (χ0n) is 37.6. The zero-order valence-corrected chi connectivity index (χ0v) is 40.0. The number of likely N-dealkylation sites (N-methyl/N-ethyl adjacent to an activating group) is 1. The summed E-state index contributed by atoms with van der Waals surface area (Å²) in [5.74, 6) is -0.699. The van der Waals surface area contributed by atoms with E-state index in [4.69, 9.17) is 47.1 Å². The molecule has 10 rings (SSSR count). The number of thiophene rings is 1. The summed E-state index contributed by atoms with van der Waals surface area (Å²) in [6, 6.07) is 13.1. The van der Waals surface area contributed by atoms with Crippen molar-refractivity contribution in [2.75, 3.05) is 46.4 Å². The summed E-state index contributed by atoms with van der Waals surface area (Å²) in [4.78, 5) is 48.8. The van der Waals surface area contributed by atoms with Crippen LogP contribution in [0.15, 0.2) is 67.1 Å². The summed E-state index contributed by atoms with van der Waals surface area (Å²) < 4.78 is 40.6. The molecule has 3 aromatic heterocycles. The van der Waals surface area contributed by atoms with Gasteiger partial charge in [-0.1, -0.05) is 41.4 Å². The van der Waals surface area contributed by atoms with E-state index in [0.717, 1.165) is 38.2 Å². The molecule has 0 radical (unpaired) electrons. The molecule has 1 fully saturated rings. The Balaban J connectivity index is 1.13. The number of carbonyl (C=O) groups is 2. The van der Waals surface area contributed by atoms with Gasteiger partial charge in [-0.25, -0.2) is 29.1 Å². The molecule has 0 saturated carbocycles. The largest absolute Gasteiger partial charge is 0.490 e. The monoisotopic (exact) mass is 982 g/mol. The smallest absolute Gasteiger partial charge is 0.345 e. The van der Waals surface area contributed by atoms with Crippen LogP contribution in [0.2, 0.25) is 10.0 Å². The molecule has 1 aliphatic carbocycles. The van der Waals surface area contributed by atoms with Gasteiger partial charge in [0.15, 0.2) is 11.6 Å². The summed E-state index contributed by atoms with van der Waals surface area (Å²) >= 11 is 16.0. The molecular formula is C50H49Cl2FN6O8S. The molecule has 0 spiro atoms. The van der Waals surface area contributed by atoms with E-state index in [2.05, 4.69) is 31.8 Å². The zero-order chi connectivity index (χ0) is 47.6. The van der Waals surface area contributed by atoms with E-state index in [1.165, 1.54) is 29.8 Å². The van der Waals surface area contributed by atoms with Crippen molar-refractivity contribution in [1.29, 1.82) is 0 Å². The van der Waals surface area contributed by atoms with Crippen molar-refractivity contribution in [3.8, 4) is 44.7 Å². The molecule has 1 saturated heterocycles. The van der Waals surface area contributed by atoms with Gasteiger partial charge >= 0.3 is 11.9 Å². The lowest BCUT2D eigenvalue weighted by molar-refractivity contribution is -0.145. The predicted octanol–water partition coefficient (Wildman–Crippen LogP) is 9.58. The minimum absolute atomic E-state index is 0.0135. The van der Waals surface area contributed by atoms with Gasteiger partial charge in [-0.15, -0.1) is 11.3 Å². The first-order valence-corrected chi connectivity index (χ1v) is 24.0. The number of hydrogen-bond donors (Lipinski definition) is 2. The first-order valence-electron chi connectivity index (χ1n) is 22.4. The van der Waals surface area contributed by atoms with Crippen LogP contribution < -0.4 is 18.9 Å². The molecule has 2 N–H and O–H groups in total. The van der Waals surface area contributed by atoms with Gasteiger partial charge < -0.3 is 34.1 Å². The van der Waals surface area contributed by atoms with Crippen LogP contribution in [-0.2, 0) is 22.6 Å². The van der Waals surface area contributed by atoms with Gasteiger partial charge in [0.1, 0.15) is 47.8 Å². The lowest BCUT2D eigenvalue weighted by Gasteiger charge is -2.35. The number of aliphatic carboxylic acids is 2. The highest BCUT2D eigenvalue weighted by Gasteiger charge is 2.32. The maximum Gasteiger partial charge on any atom is 0.345 e. The Morgan fingerprint density at radius 1 is 0.956 bits per heavy atom. The number of nitrogens with zero attached hydrogens (tertiary/aromatic N) is 6. The van der Waals surface area contributed by atoms with Gasteiger partial charge in [-0.2, -0.15) is 0 Å². The molecule has 14 nitrogen and oxygen atoms in total. The van der Waals surface area contributed by atoms with Crippen LogP contribution in [0.3, 0.4) is 0 Å². The van der Waals surface area contributed by atoms with Gasteiger partial charge in [-0.3, -0.25) is 9.69 Å². The number of ether oxygens (including phenoxy) is 4. The van der Waals surface area contributed by atoms with Crippen molar-refractivity contribution >= 4 is 62.3 Å². The number of hydrogen-bond acceptors (Lipinski definition) is 13. The topological polar surface area (TPSA) is 170 Å². The summed E-state index contributed by atoms with van der Waals surface area (Å²) in [6.07, 6.45) is 4.95. The van der Waals surface area contributed by atoms with Crippen LogP contribution in [0.25, 0.3) is 37.4 Å². The SMILES string of the molecule is Cc1c(Cl)c2c(Cl)c(C)c1-c1c(-c3ccc(F)cc3)sc3ncnc(c13)O[C@@H](C(=O)O)Cc1cc(ccc1OCc1ccnc(C3=CC[C@H](CC(=O)O)CC3)n1)OC[C@@H](CN1CCN(C)CC1)O2. The van der Waals surface area contributed by atoms with E-state index in [1.807, 2.05) is 19.9 Å². The van der Waals surface area contributed by atoms with Crippen molar-refractivity contribution < 1.29 is 43.1 Å². The molecule has 0 amide bonds. The Kier molecular flexibility index (Phi) is 14.1. The third-order valence-electron chi connectivity index (χ3n) is 12.7. The average molecular weight is 984 g/mol. The summed E-state index contributed by atoms with van der Waals surface area (Å²) in [5.41, 5.74) is 5.24. The highest BCUT2D eigenvalue weighted by atomic mass is 35.5. The number of fused-ring (bicyclic) bond motifs is 7. The molecule has 4 aliphatic rings. The lowest BCUT2D eigenvalue weighted by atomic mass is 9.87. The van der Waals surface area contributed by atoms with E-state index < -0.39 is 30.0 Å². The first kappa shape index (κ1) is 47.2. The second-order valence-corrected chi connectivity index (χ2v) is 19.2. The number of allylic oxidation sites excluding steroid dienone is 2. The van der Waals surface area contributed by atoms with Crippen molar-refractivity contribution in [3.63, 3.8) is 0 Å². The molecule has 18 heteroatoms. The number of halogens is 3. The van der Waals surface area contributed by atoms with Crippen LogP contribution in [0, 0.1) is 25.6 Å². The third kappa shape index (κ3) is 10.2. The molecule has 354 valence electrons. The van der Waals surface area contributed by atoms with Crippen molar-refractivity contribution in [2.24, 2.45) is 5.92 Å². The van der Waals surface area contributed by atoms with Gasteiger partial charge in [0, 0.05) is 67.8 Å². The van der Waals surface area contributed by atoms with Crippen LogP contribution >= 0.6 is 34.5 Å². The normalized spacial score (nSPS) is 19.1. The van der Waals surface area contributed by atoms with E-state index in [0.29, 0.717) is 96.6 Å². The van der Waals surface area contributed by atoms with Gasteiger partial charge in [0.25, 0.3) is 0 Å². The molecule has 3 aliphatic heterocycles. The summed E-state index contributed by atoms with van der Waals surface area (Å²) in [7, 11) is 2.10. The number of piperazine rings is 1. The van der Waals surface area contributed by atoms with Crippen molar-refractivity contribution in [3.05, 3.63) is 111 Å². The summed E-state index contributed by atoms with van der Waals surface area (Å²) in [6.45, 7) is 7.80. The minimum Gasteiger partial charge on any atom is -0.490 e. The molecule has 4 bridgehead atoms. The van der Waals surface area contributed by atoms with E-state index in [9.17, 15) is 24.2 Å². The highest BCUT2D eigenvalue weighted by Crippen LogP contribution is 2.53. The molecular weight excluding hydrogens is 935 g/mol. The second-order valence-electron chi connectivity index (χ2n) is 17.5. The van der Waals surface area contributed by atoms with Crippen molar-refractivity contribution in [1.82, 2.24) is 29.7 Å². The van der Waals surface area contributed by atoms with Gasteiger partial charge in [-0.05, 0) is 110 Å². The maximum atomic E-state index is 14.4. The molecule has 6 aromatic rings. The Hall–Kier alpha value is -5.91. The molecule has 0 unspecified atom stereocenters. The Labute approximate surface area is 406 Å². The molecule has 6 heterocycles. The van der Waals surface area contributed by atoms with Gasteiger partial charge in [0.05, 0.1) is 21.1 Å².